The molecule has 16 heavy (non-hydrogen) atoms. The molecule has 0 aromatic rings. The number of nitrogens with zero attached hydrogens (tertiary/aromatic N) is 1. The lowest BCUT2D eigenvalue weighted by molar-refractivity contribution is -0.0292. The minimum atomic E-state index is -0.878. The van der Waals surface area contributed by atoms with Gasteiger partial charge in [-0.3, -0.25) is 9.69 Å². The van der Waals surface area contributed by atoms with Crippen LogP contribution < -0.4 is 5.32 Å². The third-order valence-electron chi connectivity index (χ3n) is 3.17. The summed E-state index contributed by atoms with van der Waals surface area (Å²) in [5.74, 6) is 0. The number of carbonyl (C=O) groups is 1. The summed E-state index contributed by atoms with van der Waals surface area (Å²) >= 11 is 5.51. The maximum absolute atomic E-state index is 11.3. The number of halogens is 1. The Bertz CT molecular complexity index is 335. The third-order valence-corrected chi connectivity index (χ3v) is 3.37. The van der Waals surface area contributed by atoms with Crippen LogP contribution >= 0.6 is 11.6 Å². The average molecular weight is 243 g/mol. The van der Waals surface area contributed by atoms with Crippen LogP contribution in [0.3, 0.4) is 0 Å². The molecule has 2 heterocycles. The number of amides is 1. The molecule has 1 saturated heterocycles. The molecule has 2 aliphatic heterocycles. The molecule has 2 aliphatic rings. The molecule has 0 saturated carbocycles. The Morgan fingerprint density at radius 3 is 2.75 bits per heavy atom. The summed E-state index contributed by atoms with van der Waals surface area (Å²) in [5, 5.41) is 13.2. The summed E-state index contributed by atoms with van der Waals surface area (Å²) < 4.78 is 0. The molecule has 0 spiro atoms. The van der Waals surface area contributed by atoms with Gasteiger partial charge in [-0.1, -0.05) is 12.2 Å². The number of hydrogen-bond donors (Lipinski definition) is 2. The van der Waals surface area contributed by atoms with Crippen molar-refractivity contribution in [3.05, 3.63) is 24.4 Å². The van der Waals surface area contributed by atoms with Crippen LogP contribution in [0.1, 0.15) is 12.8 Å². The minimum Gasteiger partial charge on any atom is -0.387 e. The number of rotatable bonds is 1. The first kappa shape index (κ1) is 11.6. The van der Waals surface area contributed by atoms with Crippen LogP contribution in [0.25, 0.3) is 0 Å². The van der Waals surface area contributed by atoms with E-state index in [0.29, 0.717) is 12.8 Å². The van der Waals surface area contributed by atoms with Gasteiger partial charge in [-0.05, 0) is 43.6 Å². The Morgan fingerprint density at radius 1 is 1.44 bits per heavy atom. The van der Waals surface area contributed by atoms with Gasteiger partial charge in [-0.15, -0.1) is 0 Å². The van der Waals surface area contributed by atoms with Crippen molar-refractivity contribution in [2.75, 3.05) is 13.1 Å². The van der Waals surface area contributed by atoms with Gasteiger partial charge in [-0.25, -0.2) is 0 Å². The molecule has 1 amide bonds. The van der Waals surface area contributed by atoms with E-state index in [1.807, 2.05) is 12.2 Å². The topological polar surface area (TPSA) is 52.6 Å². The van der Waals surface area contributed by atoms with Crippen molar-refractivity contribution in [2.45, 2.75) is 24.5 Å². The molecule has 0 aliphatic carbocycles. The van der Waals surface area contributed by atoms with Gasteiger partial charge >= 0.3 is 5.37 Å². The molecule has 1 unspecified atom stereocenters. The van der Waals surface area contributed by atoms with Crippen molar-refractivity contribution in [2.24, 2.45) is 0 Å². The molecule has 88 valence electrons. The number of allylic oxidation sites excluding steroid dienone is 2. The highest BCUT2D eigenvalue weighted by Gasteiger charge is 2.41. The largest absolute Gasteiger partial charge is 0.387 e. The van der Waals surface area contributed by atoms with Gasteiger partial charge in [0.25, 0.3) is 0 Å². The number of piperidine rings is 1. The SMILES string of the molecule is O=C(Cl)N1C=CC=CC1C1(O)CCNCC1. The van der Waals surface area contributed by atoms with Gasteiger partial charge in [0.05, 0.1) is 11.6 Å². The van der Waals surface area contributed by atoms with E-state index in [1.54, 1.807) is 12.3 Å². The Morgan fingerprint density at radius 2 is 2.12 bits per heavy atom. The zero-order valence-electron chi connectivity index (χ0n) is 8.90. The lowest BCUT2D eigenvalue weighted by Crippen LogP contribution is -2.56. The van der Waals surface area contributed by atoms with Crippen molar-refractivity contribution in [3.63, 3.8) is 0 Å². The van der Waals surface area contributed by atoms with Crippen molar-refractivity contribution < 1.29 is 9.90 Å². The Hall–Kier alpha value is -0.840. The van der Waals surface area contributed by atoms with E-state index in [0.717, 1.165) is 13.1 Å². The lowest BCUT2D eigenvalue weighted by atomic mass is 9.83. The third kappa shape index (κ3) is 2.14. The maximum Gasteiger partial charge on any atom is 0.321 e. The summed E-state index contributed by atoms with van der Waals surface area (Å²) in [5.41, 5.74) is -0.878. The first-order chi connectivity index (χ1) is 7.63. The second kappa shape index (κ2) is 4.57. The Kier molecular flexibility index (Phi) is 3.33. The second-order valence-electron chi connectivity index (χ2n) is 4.19. The number of hydrogen-bond acceptors (Lipinski definition) is 3. The van der Waals surface area contributed by atoms with E-state index in [4.69, 9.17) is 11.6 Å². The normalized spacial score (nSPS) is 28.1. The quantitative estimate of drug-likeness (QED) is 0.537. The van der Waals surface area contributed by atoms with Gasteiger partial charge < -0.3 is 10.4 Å². The summed E-state index contributed by atoms with van der Waals surface area (Å²) in [4.78, 5) is 12.7. The fourth-order valence-electron chi connectivity index (χ4n) is 2.26. The highest BCUT2D eigenvalue weighted by molar-refractivity contribution is 6.63. The smallest absolute Gasteiger partial charge is 0.321 e. The van der Waals surface area contributed by atoms with Crippen LogP contribution in [0.15, 0.2) is 24.4 Å². The van der Waals surface area contributed by atoms with Crippen molar-refractivity contribution in [1.29, 1.82) is 0 Å². The second-order valence-corrected chi connectivity index (χ2v) is 4.51. The maximum atomic E-state index is 11.3. The monoisotopic (exact) mass is 242 g/mol. The van der Waals surface area contributed by atoms with Gasteiger partial charge in [-0.2, -0.15) is 0 Å². The molecule has 1 fully saturated rings. The van der Waals surface area contributed by atoms with Crippen molar-refractivity contribution >= 4 is 17.0 Å². The zero-order chi connectivity index (χ0) is 11.6. The predicted molar refractivity (Wildman–Crippen MR) is 62.2 cm³/mol. The van der Waals surface area contributed by atoms with Crippen LogP contribution in [0, 0.1) is 0 Å². The fraction of sp³-hybridized carbons (Fsp3) is 0.545. The molecule has 0 bridgehead atoms. The van der Waals surface area contributed by atoms with E-state index < -0.39 is 11.0 Å². The van der Waals surface area contributed by atoms with Crippen LogP contribution in [-0.2, 0) is 0 Å². The molecular formula is C11H15ClN2O2. The van der Waals surface area contributed by atoms with Gasteiger partial charge in [0, 0.05) is 6.20 Å². The molecule has 2 N–H and O–H groups in total. The van der Waals surface area contributed by atoms with E-state index in [2.05, 4.69) is 5.32 Å². The summed E-state index contributed by atoms with van der Waals surface area (Å²) in [6.07, 6.45) is 8.25. The van der Waals surface area contributed by atoms with E-state index in [-0.39, 0.29) is 6.04 Å². The average Bonchev–Trinajstić information content (AvgIpc) is 2.30. The highest BCUT2D eigenvalue weighted by atomic mass is 35.5. The number of nitrogens with one attached hydrogen (secondary N) is 1. The standard InChI is InChI=1S/C11H15ClN2O2/c12-10(15)14-8-2-1-3-9(14)11(16)4-6-13-7-5-11/h1-3,8-9,13,16H,4-7H2. The fourth-order valence-corrected chi connectivity index (χ4v) is 2.42. The Balaban J connectivity index is 2.20. The molecule has 5 heteroatoms. The molecule has 0 aromatic carbocycles. The van der Waals surface area contributed by atoms with E-state index >= 15 is 0 Å². The molecule has 4 nitrogen and oxygen atoms in total. The number of carbonyl (C=O) groups excluding carboxylic acids is 1. The van der Waals surface area contributed by atoms with Crippen LogP contribution in [0.5, 0.6) is 0 Å². The Labute approximate surface area is 99.6 Å². The van der Waals surface area contributed by atoms with Crippen molar-refractivity contribution in [1.82, 2.24) is 10.2 Å². The minimum absolute atomic E-state index is 0.357. The molecule has 0 aromatic heterocycles. The van der Waals surface area contributed by atoms with E-state index in [9.17, 15) is 9.90 Å². The van der Waals surface area contributed by atoms with E-state index in [1.165, 1.54) is 4.90 Å². The first-order valence-corrected chi connectivity index (χ1v) is 5.77. The highest BCUT2D eigenvalue weighted by Crippen LogP contribution is 2.29. The van der Waals surface area contributed by atoms with Crippen LogP contribution in [-0.4, -0.2) is 40.1 Å². The predicted octanol–water partition coefficient (Wildman–Crippen LogP) is 1.21. The molecule has 0 radical (unpaired) electrons. The summed E-state index contributed by atoms with van der Waals surface area (Å²) in [6.45, 7) is 1.52. The zero-order valence-corrected chi connectivity index (χ0v) is 9.65. The number of aliphatic hydroxyl groups is 1. The van der Waals surface area contributed by atoms with Crippen LogP contribution in [0.2, 0.25) is 0 Å². The van der Waals surface area contributed by atoms with Gasteiger partial charge in [0.15, 0.2) is 0 Å². The molecule has 2 rings (SSSR count). The van der Waals surface area contributed by atoms with Crippen LogP contribution in [0.4, 0.5) is 4.79 Å². The van der Waals surface area contributed by atoms with Crippen molar-refractivity contribution in [3.8, 4) is 0 Å². The molecule has 1 atom stereocenters. The lowest BCUT2D eigenvalue weighted by Gasteiger charge is -2.42. The summed E-state index contributed by atoms with van der Waals surface area (Å²) in [7, 11) is 0. The molecular weight excluding hydrogens is 228 g/mol. The van der Waals surface area contributed by atoms with Gasteiger partial charge in [0.1, 0.15) is 0 Å². The van der Waals surface area contributed by atoms with Gasteiger partial charge in [0.2, 0.25) is 0 Å². The first-order valence-electron chi connectivity index (χ1n) is 5.39. The summed E-state index contributed by atoms with van der Waals surface area (Å²) in [6, 6.07) is -0.357.